The van der Waals surface area contributed by atoms with E-state index in [2.05, 4.69) is 0 Å². The highest BCUT2D eigenvalue weighted by Crippen LogP contribution is 2.53. The van der Waals surface area contributed by atoms with Gasteiger partial charge in [0.25, 0.3) is 0 Å². The minimum Gasteiger partial charge on any atom is -0.462 e. The van der Waals surface area contributed by atoms with E-state index in [4.69, 9.17) is 9.47 Å². The van der Waals surface area contributed by atoms with Crippen LogP contribution in [0.25, 0.3) is 0 Å². The smallest absolute Gasteiger partial charge is 0.338 e. The van der Waals surface area contributed by atoms with Crippen LogP contribution >= 0.6 is 23.1 Å². The number of amides is 3. The van der Waals surface area contributed by atoms with Gasteiger partial charge < -0.3 is 14.4 Å². The van der Waals surface area contributed by atoms with Crippen LogP contribution in [-0.2, 0) is 30.4 Å². The number of carbonyl (C=O) groups excluding carboxylic acids is 4. The molecule has 212 valence electrons. The molecule has 41 heavy (non-hydrogen) atoms. The number of anilines is 1. The lowest BCUT2D eigenvalue weighted by Crippen LogP contribution is -2.43. The number of hydrogen-bond acceptors (Lipinski definition) is 9. The first-order chi connectivity index (χ1) is 19.9. The normalized spacial score (nSPS) is 21.9. The molecule has 12 heteroatoms. The van der Waals surface area contributed by atoms with Crippen LogP contribution in [0.5, 0.6) is 0 Å². The summed E-state index contributed by atoms with van der Waals surface area (Å²) in [5, 5.41) is -0.235. The monoisotopic (exact) mass is 593 g/mol. The largest absolute Gasteiger partial charge is 0.462 e. The second-order valence-corrected chi connectivity index (χ2v) is 12.0. The molecule has 2 unspecified atom stereocenters. The number of esters is 1. The fourth-order valence-electron chi connectivity index (χ4n) is 5.54. The molecular formula is C29H27N3O7S2. The van der Waals surface area contributed by atoms with E-state index in [1.807, 2.05) is 30.3 Å². The molecular weight excluding hydrogens is 566 g/mol. The molecule has 0 spiro atoms. The Morgan fingerprint density at radius 3 is 2.37 bits per heavy atom. The van der Waals surface area contributed by atoms with Gasteiger partial charge in [-0.1, -0.05) is 53.4 Å². The number of aromatic nitrogens is 1. The number of rotatable bonds is 6. The van der Waals surface area contributed by atoms with Crippen LogP contribution < -0.4 is 9.77 Å². The Bertz CT molecular complexity index is 1560. The molecule has 3 amide bonds. The summed E-state index contributed by atoms with van der Waals surface area (Å²) in [6, 6.07) is 15.6. The van der Waals surface area contributed by atoms with Gasteiger partial charge in [-0.15, -0.1) is 0 Å². The van der Waals surface area contributed by atoms with Crippen LogP contribution in [0.4, 0.5) is 5.69 Å². The molecule has 3 aliphatic rings. The predicted molar refractivity (Wildman–Crippen MR) is 152 cm³/mol. The van der Waals surface area contributed by atoms with Gasteiger partial charge in [-0.3, -0.25) is 23.7 Å². The van der Waals surface area contributed by atoms with Gasteiger partial charge in [-0.05, 0) is 36.8 Å². The van der Waals surface area contributed by atoms with Gasteiger partial charge in [0, 0.05) is 23.9 Å². The number of hydrogen-bond donors (Lipinski definition) is 0. The third kappa shape index (κ3) is 4.89. The molecule has 4 heterocycles. The molecule has 6 rings (SSSR count). The molecule has 10 nitrogen and oxygen atoms in total. The SMILES string of the molecule is CCOC(=O)c1ccc(N2C(=O)C3Sc4c(sc(=O)n4CC(=O)N4CCOCC4)[C@H](c4ccccc4)C3C2=O)cc1. The van der Waals surface area contributed by atoms with Crippen LogP contribution in [0.2, 0.25) is 0 Å². The van der Waals surface area contributed by atoms with Crippen LogP contribution in [0.3, 0.4) is 0 Å². The maximum atomic E-state index is 14.0. The summed E-state index contributed by atoms with van der Waals surface area (Å²) < 4.78 is 11.8. The zero-order valence-electron chi connectivity index (χ0n) is 22.2. The van der Waals surface area contributed by atoms with E-state index < -0.39 is 29.0 Å². The van der Waals surface area contributed by atoms with E-state index in [-0.39, 0.29) is 29.8 Å². The quantitative estimate of drug-likeness (QED) is 0.317. The van der Waals surface area contributed by atoms with Gasteiger partial charge in [-0.2, -0.15) is 0 Å². The van der Waals surface area contributed by atoms with Gasteiger partial charge in [0.15, 0.2) is 0 Å². The van der Waals surface area contributed by atoms with Crippen LogP contribution in [-0.4, -0.2) is 71.3 Å². The Kier molecular flexibility index (Phi) is 7.54. The maximum Gasteiger partial charge on any atom is 0.338 e. The summed E-state index contributed by atoms with van der Waals surface area (Å²) in [5.41, 5.74) is 1.50. The molecule has 1 aromatic heterocycles. The summed E-state index contributed by atoms with van der Waals surface area (Å²) in [6.45, 7) is 3.63. The minimum absolute atomic E-state index is 0.141. The van der Waals surface area contributed by atoms with Crippen molar-refractivity contribution in [3.8, 4) is 0 Å². The Morgan fingerprint density at radius 1 is 0.976 bits per heavy atom. The molecule has 3 atom stereocenters. The zero-order valence-corrected chi connectivity index (χ0v) is 23.8. The zero-order chi connectivity index (χ0) is 28.7. The van der Waals surface area contributed by atoms with Gasteiger partial charge >= 0.3 is 10.8 Å². The third-order valence-electron chi connectivity index (χ3n) is 7.50. The van der Waals surface area contributed by atoms with Gasteiger partial charge in [-0.25, -0.2) is 9.69 Å². The topological polar surface area (TPSA) is 115 Å². The number of ether oxygens (including phenoxy) is 2. The molecule has 0 bridgehead atoms. The molecule has 0 saturated carbocycles. The Balaban J connectivity index is 1.37. The van der Waals surface area contributed by atoms with Crippen molar-refractivity contribution in [2.75, 3.05) is 37.8 Å². The van der Waals surface area contributed by atoms with E-state index in [9.17, 15) is 24.0 Å². The average Bonchev–Trinajstić information content (AvgIpc) is 3.44. The van der Waals surface area contributed by atoms with Crippen molar-refractivity contribution in [3.05, 3.63) is 80.3 Å². The summed E-state index contributed by atoms with van der Waals surface area (Å²) >= 11 is 2.20. The van der Waals surface area contributed by atoms with E-state index in [1.165, 1.54) is 33.4 Å². The van der Waals surface area contributed by atoms with E-state index >= 15 is 0 Å². The predicted octanol–water partition coefficient (Wildman–Crippen LogP) is 2.74. The average molecular weight is 594 g/mol. The third-order valence-corrected chi connectivity index (χ3v) is 10.1. The number of benzene rings is 2. The molecule has 2 saturated heterocycles. The first kappa shape index (κ1) is 27.4. The van der Waals surface area contributed by atoms with Gasteiger partial charge in [0.05, 0.1) is 42.0 Å². The number of imide groups is 1. The van der Waals surface area contributed by atoms with E-state index in [0.717, 1.165) is 16.9 Å². The molecule has 2 fully saturated rings. The lowest BCUT2D eigenvalue weighted by molar-refractivity contribution is -0.136. The van der Waals surface area contributed by atoms with Gasteiger partial charge in [0.1, 0.15) is 11.8 Å². The minimum atomic E-state index is -0.788. The van der Waals surface area contributed by atoms with Crippen molar-refractivity contribution >= 4 is 52.5 Å². The van der Waals surface area contributed by atoms with Crippen molar-refractivity contribution in [2.45, 2.75) is 29.7 Å². The number of thioether (sulfide) groups is 1. The highest BCUT2D eigenvalue weighted by atomic mass is 32.2. The summed E-state index contributed by atoms with van der Waals surface area (Å²) in [7, 11) is 0. The van der Waals surface area contributed by atoms with E-state index in [1.54, 1.807) is 24.0 Å². The van der Waals surface area contributed by atoms with E-state index in [0.29, 0.717) is 47.5 Å². The Labute approximate surface area is 243 Å². The second-order valence-electron chi connectivity index (χ2n) is 9.85. The fourth-order valence-corrected chi connectivity index (χ4v) is 8.31. The standard InChI is InChI=1S/C29H27N3O7S2/c1-2-39-28(36)18-8-10-19(11-9-18)32-25(34)22-21(17-6-4-3-5-7-17)24-27(40-23(22)26(32)35)31(29(37)41-24)16-20(33)30-12-14-38-15-13-30/h3-11,21-23H,2,12-16H2,1H3/t21-,22?,23?/m1/s1. The van der Waals surface area contributed by atoms with Crippen LogP contribution in [0.15, 0.2) is 64.4 Å². The molecule has 0 N–H and O–H groups in total. The highest BCUT2D eigenvalue weighted by Gasteiger charge is 2.56. The van der Waals surface area contributed by atoms with Gasteiger partial charge in [0.2, 0.25) is 17.7 Å². The first-order valence-electron chi connectivity index (χ1n) is 13.3. The lowest BCUT2D eigenvalue weighted by atomic mass is 9.83. The Morgan fingerprint density at radius 2 is 1.68 bits per heavy atom. The number of fused-ring (bicyclic) bond motifs is 2. The van der Waals surface area contributed by atoms with Crippen molar-refractivity contribution < 1.29 is 28.7 Å². The van der Waals surface area contributed by atoms with Crippen LogP contribution in [0.1, 0.15) is 33.6 Å². The maximum absolute atomic E-state index is 14.0. The molecule has 0 aliphatic carbocycles. The van der Waals surface area contributed by atoms with Crippen molar-refractivity contribution in [1.82, 2.24) is 9.47 Å². The lowest BCUT2D eigenvalue weighted by Gasteiger charge is -2.31. The molecule has 3 aliphatic heterocycles. The second kappa shape index (κ2) is 11.3. The molecule has 2 aromatic carbocycles. The van der Waals surface area contributed by atoms with Crippen molar-refractivity contribution in [2.24, 2.45) is 5.92 Å². The van der Waals surface area contributed by atoms with Crippen molar-refractivity contribution in [3.63, 3.8) is 0 Å². The van der Waals surface area contributed by atoms with Crippen LogP contribution in [0, 0.1) is 5.92 Å². The highest BCUT2D eigenvalue weighted by molar-refractivity contribution is 8.00. The number of carbonyl (C=O) groups is 4. The fraction of sp³-hybridized carbons (Fsp3) is 0.345. The number of thiazole rings is 1. The summed E-state index contributed by atoms with van der Waals surface area (Å²) in [6.07, 6.45) is 0. The molecule has 3 aromatic rings. The number of nitrogens with zero attached hydrogens (tertiary/aromatic N) is 3. The van der Waals surface area contributed by atoms with Crippen molar-refractivity contribution in [1.29, 1.82) is 0 Å². The molecule has 0 radical (unpaired) electrons. The Hall–Kier alpha value is -3.74. The first-order valence-corrected chi connectivity index (χ1v) is 15.0. The number of morpholine rings is 1. The summed E-state index contributed by atoms with van der Waals surface area (Å²) in [5.74, 6) is -2.71. The summed E-state index contributed by atoms with van der Waals surface area (Å²) in [4.78, 5) is 69.6.